The summed E-state index contributed by atoms with van der Waals surface area (Å²) in [5, 5.41) is 9.32. The van der Waals surface area contributed by atoms with Crippen molar-refractivity contribution in [3.63, 3.8) is 0 Å². The Labute approximate surface area is 93.1 Å². The van der Waals surface area contributed by atoms with E-state index in [2.05, 4.69) is 0 Å². The topological polar surface area (TPSA) is 46.2 Å². The van der Waals surface area contributed by atoms with Crippen LogP contribution in [0.1, 0.15) is 18.9 Å². The van der Waals surface area contributed by atoms with Crippen molar-refractivity contribution >= 4 is 0 Å². The van der Waals surface area contributed by atoms with Crippen molar-refractivity contribution in [2.24, 2.45) is 11.1 Å². The Morgan fingerprint density at radius 2 is 1.88 bits per heavy atom. The Bertz CT molecular complexity index is 397. The lowest BCUT2D eigenvalue weighted by Crippen LogP contribution is -2.28. The molecular weight excluding hydrogens is 212 g/mol. The van der Waals surface area contributed by atoms with Crippen molar-refractivity contribution in [1.29, 1.82) is 0 Å². The van der Waals surface area contributed by atoms with E-state index in [-0.39, 0.29) is 6.61 Å². The van der Waals surface area contributed by atoms with Gasteiger partial charge in [-0.25, -0.2) is 8.78 Å². The Balaban J connectivity index is 2.39. The van der Waals surface area contributed by atoms with E-state index in [0.717, 1.165) is 6.07 Å². The van der Waals surface area contributed by atoms with E-state index >= 15 is 0 Å². The van der Waals surface area contributed by atoms with E-state index in [9.17, 15) is 13.9 Å². The van der Waals surface area contributed by atoms with Crippen LogP contribution in [0.4, 0.5) is 8.78 Å². The zero-order valence-corrected chi connectivity index (χ0v) is 9.13. The first-order valence-electron chi connectivity index (χ1n) is 5.25. The number of nitrogens with two attached hydrogens (primary N) is 1. The summed E-state index contributed by atoms with van der Waals surface area (Å²) in [5.74, 6) is -1.18. The second kappa shape index (κ2) is 3.50. The van der Waals surface area contributed by atoms with E-state index < -0.39 is 22.5 Å². The molecule has 1 aliphatic rings. The van der Waals surface area contributed by atoms with Crippen LogP contribution in [-0.4, -0.2) is 18.3 Å². The van der Waals surface area contributed by atoms with Gasteiger partial charge in [0.15, 0.2) is 0 Å². The van der Waals surface area contributed by atoms with Crippen LogP contribution in [0.5, 0.6) is 0 Å². The van der Waals surface area contributed by atoms with Crippen LogP contribution in [-0.2, 0) is 5.41 Å². The molecule has 2 atom stereocenters. The SMILES string of the molecule is CC1(c2cc(F)cc(F)c2)CC1(CN)CO. The van der Waals surface area contributed by atoms with Crippen molar-refractivity contribution in [3.8, 4) is 0 Å². The molecule has 1 aromatic carbocycles. The molecule has 0 amide bonds. The molecule has 88 valence electrons. The van der Waals surface area contributed by atoms with Crippen molar-refractivity contribution < 1.29 is 13.9 Å². The smallest absolute Gasteiger partial charge is 0.126 e. The molecule has 0 heterocycles. The van der Waals surface area contributed by atoms with Gasteiger partial charge < -0.3 is 10.8 Å². The summed E-state index contributed by atoms with van der Waals surface area (Å²) in [5.41, 5.74) is 5.35. The van der Waals surface area contributed by atoms with Crippen molar-refractivity contribution in [2.45, 2.75) is 18.8 Å². The van der Waals surface area contributed by atoms with Crippen LogP contribution in [0.25, 0.3) is 0 Å². The predicted molar refractivity (Wildman–Crippen MR) is 56.9 cm³/mol. The molecule has 1 saturated carbocycles. The quantitative estimate of drug-likeness (QED) is 0.823. The monoisotopic (exact) mass is 227 g/mol. The fraction of sp³-hybridized carbons (Fsp3) is 0.500. The van der Waals surface area contributed by atoms with E-state index in [1.54, 1.807) is 0 Å². The summed E-state index contributed by atoms with van der Waals surface area (Å²) in [7, 11) is 0. The first-order valence-corrected chi connectivity index (χ1v) is 5.25. The van der Waals surface area contributed by atoms with Gasteiger partial charge in [0.1, 0.15) is 11.6 Å². The molecule has 0 radical (unpaired) electrons. The lowest BCUT2D eigenvalue weighted by atomic mass is 9.88. The molecule has 0 spiro atoms. The minimum atomic E-state index is -0.591. The maximum Gasteiger partial charge on any atom is 0.126 e. The third-order valence-electron chi connectivity index (χ3n) is 3.93. The molecule has 2 unspecified atom stereocenters. The summed E-state index contributed by atoms with van der Waals surface area (Å²) in [6.07, 6.45) is 0.663. The maximum atomic E-state index is 13.1. The molecule has 0 aromatic heterocycles. The number of aliphatic hydroxyl groups excluding tert-OH is 1. The average Bonchev–Trinajstić information content (AvgIpc) is 2.85. The van der Waals surface area contributed by atoms with E-state index in [4.69, 9.17) is 5.73 Å². The van der Waals surface area contributed by atoms with Gasteiger partial charge in [-0.2, -0.15) is 0 Å². The zero-order chi connectivity index (χ0) is 12.0. The molecule has 1 fully saturated rings. The third kappa shape index (κ3) is 1.44. The average molecular weight is 227 g/mol. The molecular formula is C12H15F2NO. The van der Waals surface area contributed by atoms with Crippen LogP contribution >= 0.6 is 0 Å². The maximum absolute atomic E-state index is 13.1. The highest BCUT2D eigenvalue weighted by Gasteiger charge is 2.63. The van der Waals surface area contributed by atoms with Crippen molar-refractivity contribution in [3.05, 3.63) is 35.4 Å². The number of aliphatic hydroxyl groups is 1. The zero-order valence-electron chi connectivity index (χ0n) is 9.13. The van der Waals surface area contributed by atoms with E-state index in [1.165, 1.54) is 12.1 Å². The van der Waals surface area contributed by atoms with Gasteiger partial charge in [-0.3, -0.25) is 0 Å². The summed E-state index contributed by atoms with van der Waals surface area (Å²) in [4.78, 5) is 0. The van der Waals surface area contributed by atoms with Crippen LogP contribution in [0.2, 0.25) is 0 Å². The second-order valence-electron chi connectivity index (χ2n) is 4.81. The summed E-state index contributed by atoms with van der Waals surface area (Å²) >= 11 is 0. The predicted octanol–water partition coefficient (Wildman–Crippen LogP) is 1.56. The summed E-state index contributed by atoms with van der Waals surface area (Å²) in [6, 6.07) is 3.48. The number of hydrogen-bond acceptors (Lipinski definition) is 2. The molecule has 0 aliphatic heterocycles. The second-order valence-corrected chi connectivity index (χ2v) is 4.81. The van der Waals surface area contributed by atoms with Crippen molar-refractivity contribution in [2.75, 3.05) is 13.2 Å². The molecule has 4 heteroatoms. The van der Waals surface area contributed by atoms with Gasteiger partial charge in [0, 0.05) is 23.4 Å². The molecule has 2 nitrogen and oxygen atoms in total. The lowest BCUT2D eigenvalue weighted by Gasteiger charge is -2.19. The van der Waals surface area contributed by atoms with E-state index in [0.29, 0.717) is 18.5 Å². The Morgan fingerprint density at radius 3 is 2.25 bits per heavy atom. The highest BCUT2D eigenvalue weighted by Crippen LogP contribution is 2.63. The van der Waals surface area contributed by atoms with Crippen LogP contribution < -0.4 is 5.73 Å². The van der Waals surface area contributed by atoms with Crippen LogP contribution in [0.15, 0.2) is 18.2 Å². The minimum absolute atomic E-state index is 0.0574. The third-order valence-corrected chi connectivity index (χ3v) is 3.93. The van der Waals surface area contributed by atoms with Crippen LogP contribution in [0, 0.1) is 17.0 Å². The van der Waals surface area contributed by atoms with Crippen molar-refractivity contribution in [1.82, 2.24) is 0 Å². The number of hydrogen-bond donors (Lipinski definition) is 2. The molecule has 1 aromatic rings. The van der Waals surface area contributed by atoms with Gasteiger partial charge in [-0.15, -0.1) is 0 Å². The normalized spacial score (nSPS) is 32.8. The minimum Gasteiger partial charge on any atom is -0.396 e. The Kier molecular flexibility index (Phi) is 2.51. The largest absolute Gasteiger partial charge is 0.396 e. The summed E-state index contributed by atoms with van der Waals surface area (Å²) < 4.78 is 26.2. The number of benzene rings is 1. The van der Waals surface area contributed by atoms with Gasteiger partial charge in [0.25, 0.3) is 0 Å². The van der Waals surface area contributed by atoms with Crippen LogP contribution in [0.3, 0.4) is 0 Å². The standard InChI is InChI=1S/C12H15F2NO/c1-11(5-12(11,6-15)7-16)8-2-9(13)4-10(14)3-8/h2-4,16H,5-7,15H2,1H3. The van der Waals surface area contributed by atoms with E-state index in [1.807, 2.05) is 6.92 Å². The summed E-state index contributed by atoms with van der Waals surface area (Å²) in [6.45, 7) is 2.14. The molecule has 1 aliphatic carbocycles. The first-order chi connectivity index (χ1) is 7.47. The number of halogens is 2. The Morgan fingerprint density at radius 1 is 1.31 bits per heavy atom. The van der Waals surface area contributed by atoms with Gasteiger partial charge in [-0.1, -0.05) is 6.92 Å². The molecule has 0 saturated heterocycles. The first kappa shape index (κ1) is 11.5. The lowest BCUT2D eigenvalue weighted by molar-refractivity contribution is 0.198. The fourth-order valence-corrected chi connectivity index (χ4v) is 2.51. The van der Waals surface area contributed by atoms with Gasteiger partial charge in [0.2, 0.25) is 0 Å². The highest BCUT2D eigenvalue weighted by atomic mass is 19.1. The molecule has 16 heavy (non-hydrogen) atoms. The molecule has 3 N–H and O–H groups in total. The van der Waals surface area contributed by atoms with Gasteiger partial charge in [0.05, 0.1) is 6.61 Å². The van der Waals surface area contributed by atoms with Gasteiger partial charge >= 0.3 is 0 Å². The Hall–Kier alpha value is -1.00. The van der Waals surface area contributed by atoms with Gasteiger partial charge in [-0.05, 0) is 24.1 Å². The number of rotatable bonds is 3. The highest BCUT2D eigenvalue weighted by molar-refractivity contribution is 5.38. The molecule has 0 bridgehead atoms. The fourth-order valence-electron chi connectivity index (χ4n) is 2.51. The molecule has 2 rings (SSSR count).